The third kappa shape index (κ3) is 3.38. The maximum Gasteiger partial charge on any atom is 0.252 e. The summed E-state index contributed by atoms with van der Waals surface area (Å²) in [7, 11) is 0. The van der Waals surface area contributed by atoms with E-state index in [0.29, 0.717) is 24.2 Å². The van der Waals surface area contributed by atoms with Gasteiger partial charge in [-0.25, -0.2) is 0 Å². The van der Waals surface area contributed by atoms with Crippen molar-refractivity contribution in [2.75, 3.05) is 13.1 Å². The fraction of sp³-hybridized carbons (Fsp3) is 0.500. The molecule has 1 aliphatic carbocycles. The molecule has 0 aliphatic heterocycles. The van der Waals surface area contributed by atoms with Crippen molar-refractivity contribution in [2.45, 2.75) is 26.2 Å². The Hall–Kier alpha value is -1.75. The van der Waals surface area contributed by atoms with Crippen LogP contribution in [-0.2, 0) is 0 Å². The molecular weight excluding hydrogens is 242 g/mol. The Morgan fingerprint density at radius 1 is 1.37 bits per heavy atom. The van der Waals surface area contributed by atoms with Crippen LogP contribution in [0.2, 0.25) is 0 Å². The molecule has 1 aromatic heterocycles. The van der Waals surface area contributed by atoms with E-state index in [9.17, 15) is 9.59 Å². The van der Waals surface area contributed by atoms with Crippen molar-refractivity contribution in [3.8, 4) is 0 Å². The lowest BCUT2D eigenvalue weighted by molar-refractivity contribution is 0.0950. The number of hydrogen-bond acceptors (Lipinski definition) is 4. The summed E-state index contributed by atoms with van der Waals surface area (Å²) in [4.78, 5) is 27.1. The van der Waals surface area contributed by atoms with Gasteiger partial charge >= 0.3 is 0 Å². The van der Waals surface area contributed by atoms with E-state index in [4.69, 9.17) is 5.73 Å². The zero-order chi connectivity index (χ0) is 13.9. The van der Waals surface area contributed by atoms with Crippen LogP contribution in [0.5, 0.6) is 0 Å². The molecule has 1 heterocycles. The second kappa shape index (κ2) is 5.48. The molecular formula is C14H19N3O2. The van der Waals surface area contributed by atoms with Gasteiger partial charge in [0.05, 0.1) is 5.56 Å². The molecule has 102 valence electrons. The van der Waals surface area contributed by atoms with E-state index in [1.807, 2.05) is 0 Å². The van der Waals surface area contributed by atoms with Gasteiger partial charge in [-0.2, -0.15) is 0 Å². The van der Waals surface area contributed by atoms with Gasteiger partial charge in [0.25, 0.3) is 5.91 Å². The Kier molecular flexibility index (Phi) is 3.95. The second-order valence-electron chi connectivity index (χ2n) is 5.23. The van der Waals surface area contributed by atoms with E-state index in [2.05, 4.69) is 10.3 Å². The Labute approximate surface area is 112 Å². The molecule has 1 aliphatic rings. The summed E-state index contributed by atoms with van der Waals surface area (Å²) >= 11 is 0. The van der Waals surface area contributed by atoms with E-state index < -0.39 is 0 Å². The molecule has 2 rings (SSSR count). The maximum atomic E-state index is 11.9. The molecule has 0 radical (unpaired) electrons. The molecule has 5 heteroatoms. The molecule has 0 spiro atoms. The second-order valence-corrected chi connectivity index (χ2v) is 5.23. The lowest BCUT2D eigenvalue weighted by Gasteiger charge is -2.12. The van der Waals surface area contributed by atoms with Gasteiger partial charge in [0, 0.05) is 24.5 Å². The molecule has 5 nitrogen and oxygen atoms in total. The van der Waals surface area contributed by atoms with Gasteiger partial charge in [-0.1, -0.05) is 0 Å². The van der Waals surface area contributed by atoms with Crippen LogP contribution in [-0.4, -0.2) is 29.8 Å². The molecule has 1 fully saturated rings. The molecule has 0 aromatic carbocycles. The lowest BCUT2D eigenvalue weighted by atomic mass is 10.0. The number of pyridine rings is 1. The van der Waals surface area contributed by atoms with Crippen LogP contribution in [0.25, 0.3) is 0 Å². The van der Waals surface area contributed by atoms with E-state index in [0.717, 1.165) is 19.3 Å². The van der Waals surface area contributed by atoms with Gasteiger partial charge in [0.2, 0.25) is 0 Å². The van der Waals surface area contributed by atoms with Crippen LogP contribution in [0.3, 0.4) is 0 Å². The van der Waals surface area contributed by atoms with Crippen molar-refractivity contribution in [1.29, 1.82) is 0 Å². The highest BCUT2D eigenvalue weighted by Crippen LogP contribution is 2.47. The normalized spacial score (nSPS) is 15.9. The quantitative estimate of drug-likeness (QED) is 0.752. The topological polar surface area (TPSA) is 85.1 Å². The van der Waals surface area contributed by atoms with Gasteiger partial charge in [0.15, 0.2) is 5.78 Å². The first-order valence-corrected chi connectivity index (χ1v) is 6.51. The number of amides is 1. The summed E-state index contributed by atoms with van der Waals surface area (Å²) in [6, 6.07) is 1.57. The first kappa shape index (κ1) is 13.7. The van der Waals surface area contributed by atoms with Crippen LogP contribution in [0.4, 0.5) is 0 Å². The summed E-state index contributed by atoms with van der Waals surface area (Å²) in [5.74, 6) is -0.286. The number of carbonyl (C=O) groups excluding carboxylic acids is 2. The number of hydrogen-bond donors (Lipinski definition) is 2. The Bertz CT molecular complexity index is 495. The predicted octanol–water partition coefficient (Wildman–Crippen LogP) is 1.14. The average Bonchev–Trinajstić information content (AvgIpc) is 3.19. The number of ketones is 1. The van der Waals surface area contributed by atoms with Gasteiger partial charge in [0.1, 0.15) is 0 Å². The molecule has 0 bridgehead atoms. The summed E-state index contributed by atoms with van der Waals surface area (Å²) in [6.45, 7) is 2.75. The third-order valence-electron chi connectivity index (χ3n) is 3.74. The molecule has 0 saturated heterocycles. The van der Waals surface area contributed by atoms with Gasteiger partial charge in [-0.05, 0) is 44.2 Å². The zero-order valence-electron chi connectivity index (χ0n) is 11.1. The van der Waals surface area contributed by atoms with Crippen molar-refractivity contribution in [2.24, 2.45) is 11.1 Å². The molecule has 0 unspecified atom stereocenters. The van der Waals surface area contributed by atoms with E-state index in [-0.39, 0.29) is 17.1 Å². The number of nitrogens with two attached hydrogens (primary N) is 1. The SMILES string of the molecule is CC(=O)c1cncc(C(=O)NCCC2(CN)CC2)c1. The first-order chi connectivity index (χ1) is 9.06. The van der Waals surface area contributed by atoms with Crippen molar-refractivity contribution in [1.82, 2.24) is 10.3 Å². The van der Waals surface area contributed by atoms with Crippen LogP contribution in [0.1, 0.15) is 46.9 Å². The fourth-order valence-electron chi connectivity index (χ4n) is 2.03. The van der Waals surface area contributed by atoms with E-state index in [1.54, 1.807) is 6.07 Å². The summed E-state index contributed by atoms with van der Waals surface area (Å²) < 4.78 is 0. The van der Waals surface area contributed by atoms with Crippen LogP contribution < -0.4 is 11.1 Å². The van der Waals surface area contributed by atoms with Crippen molar-refractivity contribution in [3.05, 3.63) is 29.6 Å². The maximum absolute atomic E-state index is 11.9. The number of aromatic nitrogens is 1. The van der Waals surface area contributed by atoms with E-state index >= 15 is 0 Å². The van der Waals surface area contributed by atoms with Gasteiger partial charge in [-0.15, -0.1) is 0 Å². The molecule has 1 saturated carbocycles. The van der Waals surface area contributed by atoms with Crippen molar-refractivity contribution in [3.63, 3.8) is 0 Å². The number of nitrogens with zero attached hydrogens (tertiary/aromatic N) is 1. The monoisotopic (exact) mass is 261 g/mol. The molecule has 0 atom stereocenters. The predicted molar refractivity (Wildman–Crippen MR) is 71.9 cm³/mol. The minimum absolute atomic E-state index is 0.0952. The molecule has 1 aromatic rings. The van der Waals surface area contributed by atoms with Crippen molar-refractivity contribution >= 4 is 11.7 Å². The average molecular weight is 261 g/mol. The van der Waals surface area contributed by atoms with Crippen LogP contribution in [0, 0.1) is 5.41 Å². The number of nitrogens with one attached hydrogen (secondary N) is 1. The summed E-state index contributed by atoms with van der Waals surface area (Å²) in [6.07, 6.45) is 6.15. The minimum Gasteiger partial charge on any atom is -0.352 e. The van der Waals surface area contributed by atoms with Gasteiger partial charge in [-0.3, -0.25) is 14.6 Å². The molecule has 19 heavy (non-hydrogen) atoms. The number of rotatable bonds is 6. The Morgan fingerprint density at radius 2 is 2.05 bits per heavy atom. The highest BCUT2D eigenvalue weighted by molar-refractivity contribution is 5.99. The summed E-state index contributed by atoms with van der Waals surface area (Å²) in [5.41, 5.74) is 6.82. The van der Waals surface area contributed by atoms with Crippen LogP contribution in [0.15, 0.2) is 18.5 Å². The highest BCUT2D eigenvalue weighted by Gasteiger charge is 2.40. The molecule has 1 amide bonds. The number of Topliss-reactive ketones (excluding diaryl/α,β-unsaturated/α-hetero) is 1. The smallest absolute Gasteiger partial charge is 0.252 e. The highest BCUT2D eigenvalue weighted by atomic mass is 16.1. The minimum atomic E-state index is -0.191. The third-order valence-corrected chi connectivity index (χ3v) is 3.74. The molecule has 3 N–H and O–H groups in total. The summed E-state index contributed by atoms with van der Waals surface area (Å²) in [5, 5.41) is 2.85. The van der Waals surface area contributed by atoms with Crippen LogP contribution >= 0.6 is 0 Å². The van der Waals surface area contributed by atoms with E-state index in [1.165, 1.54) is 19.3 Å². The zero-order valence-corrected chi connectivity index (χ0v) is 11.1. The van der Waals surface area contributed by atoms with Gasteiger partial charge < -0.3 is 11.1 Å². The lowest BCUT2D eigenvalue weighted by Crippen LogP contribution is -2.28. The number of carbonyl (C=O) groups is 2. The Morgan fingerprint density at radius 3 is 2.63 bits per heavy atom. The van der Waals surface area contributed by atoms with Crippen molar-refractivity contribution < 1.29 is 9.59 Å². The first-order valence-electron chi connectivity index (χ1n) is 6.51. The standard InChI is InChI=1S/C14H19N3O2/c1-10(18)11-6-12(8-16-7-11)13(19)17-5-4-14(9-15)2-3-14/h6-8H,2-5,9,15H2,1H3,(H,17,19). The Balaban J connectivity index is 1.89. The largest absolute Gasteiger partial charge is 0.352 e. The fourth-order valence-corrected chi connectivity index (χ4v) is 2.03.